The molecule has 1 aromatic rings. The second-order valence-corrected chi connectivity index (χ2v) is 6.19. The molecule has 6 nitrogen and oxygen atoms in total. The van der Waals surface area contributed by atoms with E-state index >= 15 is 0 Å². The molecule has 0 aliphatic carbocycles. The van der Waals surface area contributed by atoms with Crippen LogP contribution < -0.4 is 10.6 Å². The number of nitrogen functional groups attached to an aromatic ring is 1. The predicted molar refractivity (Wildman–Crippen MR) is 83.7 cm³/mol. The van der Waals surface area contributed by atoms with E-state index in [2.05, 4.69) is 14.9 Å². The van der Waals surface area contributed by atoms with Crippen molar-refractivity contribution in [2.75, 3.05) is 23.7 Å². The van der Waals surface area contributed by atoms with E-state index in [4.69, 9.17) is 10.5 Å². The lowest BCUT2D eigenvalue weighted by Crippen LogP contribution is -2.23. The molecule has 0 aromatic carbocycles. The number of pyridine rings is 1. The molecule has 1 aliphatic rings. The van der Waals surface area contributed by atoms with E-state index in [-0.39, 0.29) is 5.92 Å². The number of rotatable bonds is 2. The summed E-state index contributed by atoms with van der Waals surface area (Å²) in [5.41, 5.74) is 7.07. The number of carbonyl (C=O) groups excluding carboxylic acids is 1. The van der Waals surface area contributed by atoms with Gasteiger partial charge in [-0.2, -0.15) is 4.99 Å². The molecule has 2 N–H and O–H groups in total. The fraction of sp³-hybridized carbons (Fsp3) is 0.533. The quantitative estimate of drug-likeness (QED) is 0.846. The molecule has 6 heteroatoms. The summed E-state index contributed by atoms with van der Waals surface area (Å²) in [5.74, 6) is 0.227. The highest BCUT2D eigenvalue weighted by atomic mass is 16.6. The average Bonchev–Trinajstić information content (AvgIpc) is 2.83. The highest BCUT2D eigenvalue weighted by Gasteiger charge is 2.23. The number of amides is 1. The van der Waals surface area contributed by atoms with Crippen molar-refractivity contribution in [2.45, 2.75) is 32.8 Å². The first kappa shape index (κ1) is 15.3. The van der Waals surface area contributed by atoms with Gasteiger partial charge in [-0.15, -0.1) is 0 Å². The molecule has 2 heterocycles. The van der Waals surface area contributed by atoms with Gasteiger partial charge in [0.05, 0.1) is 17.6 Å². The van der Waals surface area contributed by atoms with Crippen LogP contribution in [0.25, 0.3) is 0 Å². The highest BCUT2D eigenvalue weighted by Crippen LogP contribution is 2.27. The van der Waals surface area contributed by atoms with Crippen LogP contribution in [0.15, 0.2) is 23.5 Å². The lowest BCUT2D eigenvalue weighted by molar-refractivity contribution is 0.0604. The number of anilines is 2. The second-order valence-electron chi connectivity index (χ2n) is 6.19. The van der Waals surface area contributed by atoms with E-state index in [1.807, 2.05) is 26.8 Å². The Labute approximate surface area is 125 Å². The van der Waals surface area contributed by atoms with Crippen molar-refractivity contribution >= 4 is 23.7 Å². The van der Waals surface area contributed by atoms with Gasteiger partial charge in [0.2, 0.25) is 0 Å². The zero-order valence-electron chi connectivity index (χ0n) is 12.7. The Hall–Kier alpha value is -2.11. The third-order valence-corrected chi connectivity index (χ3v) is 3.18. The predicted octanol–water partition coefficient (Wildman–Crippen LogP) is 2.50. The van der Waals surface area contributed by atoms with Crippen molar-refractivity contribution in [1.29, 1.82) is 0 Å². The largest absolute Gasteiger partial charge is 0.442 e. The van der Waals surface area contributed by atoms with Gasteiger partial charge in [-0.3, -0.25) is 4.98 Å². The minimum atomic E-state index is -0.538. The molecule has 21 heavy (non-hydrogen) atoms. The first-order chi connectivity index (χ1) is 9.85. The van der Waals surface area contributed by atoms with Gasteiger partial charge in [0.15, 0.2) is 0 Å². The zero-order chi connectivity index (χ0) is 15.5. The molecule has 0 bridgehead atoms. The Kier molecular flexibility index (Phi) is 4.45. The van der Waals surface area contributed by atoms with E-state index in [0.717, 1.165) is 25.2 Å². The van der Waals surface area contributed by atoms with Crippen molar-refractivity contribution in [3.63, 3.8) is 0 Å². The van der Waals surface area contributed by atoms with Gasteiger partial charge in [0, 0.05) is 31.4 Å². The van der Waals surface area contributed by atoms with Gasteiger partial charge >= 0.3 is 6.09 Å². The summed E-state index contributed by atoms with van der Waals surface area (Å²) in [6.07, 6.45) is 5.47. The van der Waals surface area contributed by atoms with Crippen LogP contribution in [0, 0.1) is 5.92 Å². The number of hydrogen-bond donors (Lipinski definition) is 1. The summed E-state index contributed by atoms with van der Waals surface area (Å²) < 4.78 is 5.15. The van der Waals surface area contributed by atoms with Crippen LogP contribution in [-0.4, -0.2) is 36.0 Å². The molecule has 1 unspecified atom stereocenters. The number of carbonyl (C=O) groups is 1. The Morgan fingerprint density at radius 3 is 3.00 bits per heavy atom. The van der Waals surface area contributed by atoms with Gasteiger partial charge in [-0.1, -0.05) is 0 Å². The summed E-state index contributed by atoms with van der Waals surface area (Å²) in [6.45, 7) is 7.15. The minimum Gasteiger partial charge on any atom is -0.442 e. The number of ether oxygens (including phenoxy) is 1. The molecule has 1 amide bonds. The van der Waals surface area contributed by atoms with E-state index in [1.165, 1.54) is 0 Å². The van der Waals surface area contributed by atoms with Crippen LogP contribution in [0.1, 0.15) is 27.2 Å². The van der Waals surface area contributed by atoms with Gasteiger partial charge in [0.25, 0.3) is 0 Å². The normalized spacial score (nSPS) is 19.2. The van der Waals surface area contributed by atoms with Gasteiger partial charge in [-0.05, 0) is 33.3 Å². The first-order valence-electron chi connectivity index (χ1n) is 7.07. The smallest absolute Gasteiger partial charge is 0.433 e. The Morgan fingerprint density at radius 2 is 2.33 bits per heavy atom. The molecule has 0 spiro atoms. The zero-order valence-corrected chi connectivity index (χ0v) is 12.7. The van der Waals surface area contributed by atoms with Gasteiger partial charge in [-0.25, -0.2) is 4.79 Å². The first-order valence-corrected chi connectivity index (χ1v) is 7.07. The molecule has 0 saturated carbocycles. The van der Waals surface area contributed by atoms with Crippen LogP contribution in [0.3, 0.4) is 0 Å². The van der Waals surface area contributed by atoms with Crippen molar-refractivity contribution in [2.24, 2.45) is 10.9 Å². The van der Waals surface area contributed by atoms with E-state index < -0.39 is 11.7 Å². The molecule has 0 radical (unpaired) electrons. The summed E-state index contributed by atoms with van der Waals surface area (Å²) in [4.78, 5) is 21.6. The third-order valence-electron chi connectivity index (χ3n) is 3.18. The van der Waals surface area contributed by atoms with Crippen LogP contribution in [-0.2, 0) is 4.74 Å². The third kappa shape index (κ3) is 4.44. The topological polar surface area (TPSA) is 80.8 Å². The summed E-state index contributed by atoms with van der Waals surface area (Å²) >= 11 is 0. The van der Waals surface area contributed by atoms with Crippen LogP contribution in [0.2, 0.25) is 0 Å². The molecule has 1 saturated heterocycles. The fourth-order valence-electron chi connectivity index (χ4n) is 2.27. The van der Waals surface area contributed by atoms with E-state index in [0.29, 0.717) is 5.69 Å². The summed E-state index contributed by atoms with van der Waals surface area (Å²) in [6, 6.07) is 1.91. The Balaban J connectivity index is 1.91. The maximum absolute atomic E-state index is 11.6. The van der Waals surface area contributed by atoms with Crippen LogP contribution in [0.4, 0.5) is 16.2 Å². The SMILES string of the molecule is CC(C)(C)OC(=O)/N=C/C1CCN(c2ccncc2N)C1. The van der Waals surface area contributed by atoms with Gasteiger partial charge < -0.3 is 15.4 Å². The summed E-state index contributed by atoms with van der Waals surface area (Å²) in [7, 11) is 0. The minimum absolute atomic E-state index is 0.227. The monoisotopic (exact) mass is 290 g/mol. The van der Waals surface area contributed by atoms with Crippen molar-refractivity contribution < 1.29 is 9.53 Å². The van der Waals surface area contributed by atoms with Crippen molar-refractivity contribution in [3.05, 3.63) is 18.5 Å². The van der Waals surface area contributed by atoms with E-state index in [1.54, 1.807) is 18.6 Å². The van der Waals surface area contributed by atoms with Crippen molar-refractivity contribution in [3.8, 4) is 0 Å². The second kappa shape index (κ2) is 6.11. The molecule has 1 aromatic heterocycles. The maximum atomic E-state index is 11.6. The highest BCUT2D eigenvalue weighted by molar-refractivity contribution is 5.81. The lowest BCUT2D eigenvalue weighted by Gasteiger charge is -2.19. The van der Waals surface area contributed by atoms with Crippen LogP contribution in [0.5, 0.6) is 0 Å². The Bertz CT molecular complexity index is 537. The average molecular weight is 290 g/mol. The van der Waals surface area contributed by atoms with Gasteiger partial charge in [0.1, 0.15) is 5.60 Å². The lowest BCUT2D eigenvalue weighted by atomic mass is 10.1. The standard InChI is InChI=1S/C15H22N4O2/c1-15(2,3)21-14(20)18-8-11-5-7-19(10-11)13-4-6-17-9-12(13)16/h4,6,8-9,11H,5,7,10,16H2,1-3H3/b18-8+. The Morgan fingerprint density at radius 1 is 1.57 bits per heavy atom. The molecular weight excluding hydrogens is 268 g/mol. The van der Waals surface area contributed by atoms with E-state index in [9.17, 15) is 4.79 Å². The number of aliphatic imine (C=N–C) groups is 1. The number of hydrogen-bond acceptors (Lipinski definition) is 5. The number of aromatic nitrogens is 1. The van der Waals surface area contributed by atoms with Crippen LogP contribution >= 0.6 is 0 Å². The molecule has 2 rings (SSSR count). The van der Waals surface area contributed by atoms with Crippen molar-refractivity contribution in [1.82, 2.24) is 4.98 Å². The number of nitrogens with zero attached hydrogens (tertiary/aromatic N) is 3. The molecular formula is C15H22N4O2. The number of nitrogens with two attached hydrogens (primary N) is 1. The maximum Gasteiger partial charge on any atom is 0.433 e. The molecule has 1 fully saturated rings. The summed E-state index contributed by atoms with van der Waals surface area (Å²) in [5, 5.41) is 0. The molecule has 1 atom stereocenters. The molecule has 114 valence electrons. The fourth-order valence-corrected chi connectivity index (χ4v) is 2.27. The molecule has 1 aliphatic heterocycles.